The van der Waals surface area contributed by atoms with Crippen LogP contribution in [0.5, 0.6) is 0 Å². The van der Waals surface area contributed by atoms with E-state index in [0.717, 1.165) is 37.4 Å². The topological polar surface area (TPSA) is 55.0 Å². The second-order valence-corrected chi connectivity index (χ2v) is 5.85. The van der Waals surface area contributed by atoms with Crippen molar-refractivity contribution in [3.8, 4) is 0 Å². The molecule has 0 saturated carbocycles. The number of nitrogens with two attached hydrogens (primary N) is 1. The zero-order valence-corrected chi connectivity index (χ0v) is 11.0. The fraction of sp³-hybridized carbons (Fsp3) is 0.692. The van der Waals surface area contributed by atoms with Gasteiger partial charge in [0.15, 0.2) is 5.82 Å². The number of rotatable bonds is 1. The summed E-state index contributed by atoms with van der Waals surface area (Å²) in [5.74, 6) is 0.977. The summed E-state index contributed by atoms with van der Waals surface area (Å²) in [6, 6.07) is 4.51. The first kappa shape index (κ1) is 12.3. The van der Waals surface area contributed by atoms with Gasteiger partial charge < -0.3 is 10.6 Å². The Morgan fingerprint density at radius 3 is 2.29 bits per heavy atom. The molecule has 4 nitrogen and oxygen atoms in total. The summed E-state index contributed by atoms with van der Waals surface area (Å²) < 4.78 is 0. The van der Waals surface area contributed by atoms with Crippen molar-refractivity contribution in [1.82, 2.24) is 10.2 Å². The molecule has 0 spiro atoms. The fourth-order valence-corrected chi connectivity index (χ4v) is 2.02. The van der Waals surface area contributed by atoms with Gasteiger partial charge in [0.05, 0.1) is 5.69 Å². The highest BCUT2D eigenvalue weighted by atomic mass is 15.3. The molecular weight excluding hydrogens is 212 g/mol. The van der Waals surface area contributed by atoms with Crippen LogP contribution in [-0.4, -0.2) is 29.3 Å². The molecule has 1 aromatic heterocycles. The molecule has 1 fully saturated rings. The van der Waals surface area contributed by atoms with Gasteiger partial charge in [-0.3, -0.25) is 0 Å². The SMILES string of the molecule is CC(C)(C)c1ccc(N2CCC(N)CC2)nn1. The van der Waals surface area contributed by atoms with Crippen molar-refractivity contribution in [3.05, 3.63) is 17.8 Å². The van der Waals surface area contributed by atoms with Crippen molar-refractivity contribution < 1.29 is 0 Å². The second-order valence-electron chi connectivity index (χ2n) is 5.85. The molecule has 2 N–H and O–H groups in total. The van der Waals surface area contributed by atoms with Gasteiger partial charge in [-0.1, -0.05) is 20.8 Å². The van der Waals surface area contributed by atoms with E-state index in [1.54, 1.807) is 0 Å². The van der Waals surface area contributed by atoms with Crippen LogP contribution >= 0.6 is 0 Å². The van der Waals surface area contributed by atoms with Gasteiger partial charge in [-0.25, -0.2) is 0 Å². The molecule has 1 aromatic rings. The quantitative estimate of drug-likeness (QED) is 0.803. The zero-order valence-electron chi connectivity index (χ0n) is 11.0. The maximum absolute atomic E-state index is 5.89. The largest absolute Gasteiger partial charge is 0.355 e. The van der Waals surface area contributed by atoms with Crippen LogP contribution in [0, 0.1) is 0 Å². The normalized spacial score (nSPS) is 18.5. The predicted molar refractivity (Wildman–Crippen MR) is 70.2 cm³/mol. The standard InChI is InChI=1S/C13H22N4/c1-13(2,3)11-4-5-12(16-15-11)17-8-6-10(14)7-9-17/h4-5,10H,6-9,14H2,1-3H3. The first-order valence-corrected chi connectivity index (χ1v) is 6.31. The van der Waals surface area contributed by atoms with Gasteiger partial charge >= 0.3 is 0 Å². The molecule has 1 saturated heterocycles. The van der Waals surface area contributed by atoms with Crippen LogP contribution in [0.2, 0.25) is 0 Å². The van der Waals surface area contributed by atoms with Crippen LogP contribution in [0.4, 0.5) is 5.82 Å². The minimum atomic E-state index is 0.0653. The fourth-order valence-electron chi connectivity index (χ4n) is 2.02. The Labute approximate surface area is 103 Å². The third-order valence-corrected chi connectivity index (χ3v) is 3.28. The number of hydrogen-bond acceptors (Lipinski definition) is 4. The van der Waals surface area contributed by atoms with Crippen LogP contribution in [0.15, 0.2) is 12.1 Å². The van der Waals surface area contributed by atoms with E-state index in [4.69, 9.17) is 5.73 Å². The first-order valence-electron chi connectivity index (χ1n) is 6.31. The zero-order chi connectivity index (χ0) is 12.5. The molecule has 94 valence electrons. The Kier molecular flexibility index (Phi) is 3.33. The summed E-state index contributed by atoms with van der Waals surface area (Å²) in [4.78, 5) is 2.27. The highest BCUT2D eigenvalue weighted by Gasteiger charge is 2.19. The van der Waals surface area contributed by atoms with Gasteiger partial charge in [0.25, 0.3) is 0 Å². The number of anilines is 1. The Bertz CT molecular complexity index is 358. The van der Waals surface area contributed by atoms with Crippen LogP contribution in [0.25, 0.3) is 0 Å². The van der Waals surface area contributed by atoms with Crippen molar-refractivity contribution in [1.29, 1.82) is 0 Å². The summed E-state index contributed by atoms with van der Waals surface area (Å²) in [6.07, 6.45) is 2.09. The maximum Gasteiger partial charge on any atom is 0.151 e. The number of hydrogen-bond donors (Lipinski definition) is 1. The highest BCUT2D eigenvalue weighted by Crippen LogP contribution is 2.22. The van der Waals surface area contributed by atoms with Gasteiger partial charge in [-0.2, -0.15) is 5.10 Å². The first-order chi connectivity index (χ1) is 7.97. The Morgan fingerprint density at radius 1 is 1.18 bits per heavy atom. The molecule has 0 amide bonds. The van der Waals surface area contributed by atoms with Crippen molar-refractivity contribution in [2.24, 2.45) is 5.73 Å². The Morgan fingerprint density at radius 2 is 1.82 bits per heavy atom. The third-order valence-electron chi connectivity index (χ3n) is 3.28. The van der Waals surface area contributed by atoms with E-state index in [1.165, 1.54) is 0 Å². The molecule has 1 aliphatic rings. The lowest BCUT2D eigenvalue weighted by molar-refractivity contribution is 0.495. The summed E-state index contributed by atoms with van der Waals surface area (Å²) in [7, 11) is 0. The molecule has 2 rings (SSSR count). The lowest BCUT2D eigenvalue weighted by Gasteiger charge is -2.31. The molecule has 2 heterocycles. The molecule has 0 unspecified atom stereocenters. The monoisotopic (exact) mass is 234 g/mol. The van der Waals surface area contributed by atoms with E-state index in [-0.39, 0.29) is 5.41 Å². The summed E-state index contributed by atoms with van der Waals surface area (Å²) >= 11 is 0. The summed E-state index contributed by atoms with van der Waals surface area (Å²) in [5, 5.41) is 8.65. The van der Waals surface area contributed by atoms with Crippen molar-refractivity contribution >= 4 is 5.82 Å². The Hall–Kier alpha value is -1.16. The average molecular weight is 234 g/mol. The van der Waals surface area contributed by atoms with Crippen molar-refractivity contribution in [2.75, 3.05) is 18.0 Å². The van der Waals surface area contributed by atoms with Gasteiger partial charge in [-0.15, -0.1) is 5.10 Å². The molecule has 1 aliphatic heterocycles. The van der Waals surface area contributed by atoms with E-state index in [2.05, 4.69) is 48.0 Å². The average Bonchev–Trinajstić information content (AvgIpc) is 2.29. The van der Waals surface area contributed by atoms with Crippen LogP contribution in [-0.2, 0) is 5.41 Å². The van der Waals surface area contributed by atoms with Gasteiger partial charge in [0, 0.05) is 24.5 Å². The molecule has 0 bridgehead atoms. The van der Waals surface area contributed by atoms with E-state index in [1.807, 2.05) is 0 Å². The number of aromatic nitrogens is 2. The maximum atomic E-state index is 5.89. The van der Waals surface area contributed by atoms with Gasteiger partial charge in [-0.05, 0) is 25.0 Å². The van der Waals surface area contributed by atoms with E-state index in [0.29, 0.717) is 6.04 Å². The predicted octanol–water partition coefficient (Wildman–Crippen LogP) is 1.70. The van der Waals surface area contributed by atoms with Crippen molar-refractivity contribution in [2.45, 2.75) is 45.1 Å². The molecule has 0 atom stereocenters. The smallest absolute Gasteiger partial charge is 0.151 e. The van der Waals surface area contributed by atoms with E-state index >= 15 is 0 Å². The lowest BCUT2D eigenvalue weighted by atomic mass is 9.92. The Balaban J connectivity index is 2.08. The molecule has 0 radical (unpaired) electrons. The molecular formula is C13H22N4. The van der Waals surface area contributed by atoms with Crippen LogP contribution in [0.1, 0.15) is 39.3 Å². The molecule has 4 heteroatoms. The van der Waals surface area contributed by atoms with E-state index in [9.17, 15) is 0 Å². The van der Waals surface area contributed by atoms with Gasteiger partial charge in [0.1, 0.15) is 0 Å². The minimum absolute atomic E-state index is 0.0653. The number of piperidine rings is 1. The van der Waals surface area contributed by atoms with Crippen LogP contribution < -0.4 is 10.6 Å². The van der Waals surface area contributed by atoms with Gasteiger partial charge in [0.2, 0.25) is 0 Å². The molecule has 0 aromatic carbocycles. The van der Waals surface area contributed by atoms with E-state index < -0.39 is 0 Å². The van der Waals surface area contributed by atoms with Crippen molar-refractivity contribution in [3.63, 3.8) is 0 Å². The second kappa shape index (κ2) is 4.61. The van der Waals surface area contributed by atoms with Crippen LogP contribution in [0.3, 0.4) is 0 Å². The highest BCUT2D eigenvalue weighted by molar-refractivity contribution is 5.38. The molecule has 0 aliphatic carbocycles. The summed E-state index contributed by atoms with van der Waals surface area (Å²) in [6.45, 7) is 8.43. The summed E-state index contributed by atoms with van der Waals surface area (Å²) in [5.41, 5.74) is 7.00. The third kappa shape index (κ3) is 2.94. The lowest BCUT2D eigenvalue weighted by Crippen LogP contribution is -2.40. The number of nitrogens with zero attached hydrogens (tertiary/aromatic N) is 3. The minimum Gasteiger partial charge on any atom is -0.355 e. The molecule has 17 heavy (non-hydrogen) atoms.